The Labute approximate surface area is 128 Å². The molecule has 0 aromatic heterocycles. The van der Waals surface area contributed by atoms with Crippen LogP contribution in [0.5, 0.6) is 0 Å². The SMILES string of the molecule is CC(CCCc1ccccc1)C(=O)NC(CC(F)F)C(=O)O. The Hall–Kier alpha value is -1.98. The summed E-state index contributed by atoms with van der Waals surface area (Å²) in [6.45, 7) is 1.67. The van der Waals surface area contributed by atoms with Gasteiger partial charge in [-0.2, -0.15) is 0 Å². The van der Waals surface area contributed by atoms with Crippen molar-refractivity contribution in [3.05, 3.63) is 35.9 Å². The van der Waals surface area contributed by atoms with E-state index in [0.29, 0.717) is 6.42 Å². The first kappa shape index (κ1) is 18.1. The van der Waals surface area contributed by atoms with Crippen LogP contribution in [0.3, 0.4) is 0 Å². The van der Waals surface area contributed by atoms with Crippen LogP contribution in [0.25, 0.3) is 0 Å². The van der Waals surface area contributed by atoms with E-state index in [-0.39, 0.29) is 0 Å². The van der Waals surface area contributed by atoms with Gasteiger partial charge in [0.25, 0.3) is 0 Å². The second-order valence-electron chi connectivity index (χ2n) is 5.31. The molecule has 0 bridgehead atoms. The number of hydrogen-bond donors (Lipinski definition) is 2. The highest BCUT2D eigenvalue weighted by molar-refractivity contribution is 5.84. The van der Waals surface area contributed by atoms with Gasteiger partial charge in [0, 0.05) is 12.3 Å². The Morgan fingerprint density at radius 2 is 1.86 bits per heavy atom. The number of aryl methyl sites for hydroxylation is 1. The Bertz CT molecular complexity index is 480. The number of halogens is 2. The molecule has 6 heteroatoms. The molecule has 2 N–H and O–H groups in total. The van der Waals surface area contributed by atoms with E-state index in [9.17, 15) is 18.4 Å². The van der Waals surface area contributed by atoms with E-state index >= 15 is 0 Å². The maximum Gasteiger partial charge on any atom is 0.326 e. The monoisotopic (exact) mass is 313 g/mol. The largest absolute Gasteiger partial charge is 0.480 e. The van der Waals surface area contributed by atoms with Crippen LogP contribution in [0, 0.1) is 5.92 Å². The first-order valence-electron chi connectivity index (χ1n) is 7.25. The number of carbonyl (C=O) groups is 2. The quantitative estimate of drug-likeness (QED) is 0.736. The summed E-state index contributed by atoms with van der Waals surface area (Å²) in [5.41, 5.74) is 1.16. The van der Waals surface area contributed by atoms with Gasteiger partial charge in [-0.05, 0) is 24.8 Å². The van der Waals surface area contributed by atoms with E-state index in [4.69, 9.17) is 5.11 Å². The number of carboxylic acids is 1. The molecule has 1 aromatic rings. The molecule has 0 fully saturated rings. The third-order valence-corrected chi connectivity index (χ3v) is 3.42. The van der Waals surface area contributed by atoms with Crippen molar-refractivity contribution in [2.24, 2.45) is 5.92 Å². The molecular formula is C16H21F2NO3. The number of rotatable bonds is 9. The predicted molar refractivity (Wildman–Crippen MR) is 78.7 cm³/mol. The smallest absolute Gasteiger partial charge is 0.326 e. The van der Waals surface area contributed by atoms with Crippen LogP contribution in [0.1, 0.15) is 31.7 Å². The van der Waals surface area contributed by atoms with Crippen molar-refractivity contribution in [2.75, 3.05) is 0 Å². The summed E-state index contributed by atoms with van der Waals surface area (Å²) in [6, 6.07) is 8.25. The number of amides is 1. The molecule has 0 spiro atoms. The van der Waals surface area contributed by atoms with Gasteiger partial charge in [-0.1, -0.05) is 37.3 Å². The fraction of sp³-hybridized carbons (Fsp3) is 0.500. The third kappa shape index (κ3) is 6.65. The molecule has 0 saturated carbocycles. The lowest BCUT2D eigenvalue weighted by Gasteiger charge is -2.17. The molecule has 0 aliphatic heterocycles. The van der Waals surface area contributed by atoms with Gasteiger partial charge in [0.2, 0.25) is 12.3 Å². The molecule has 4 nitrogen and oxygen atoms in total. The first-order chi connectivity index (χ1) is 10.4. The van der Waals surface area contributed by atoms with E-state index < -0.39 is 36.7 Å². The fourth-order valence-corrected chi connectivity index (χ4v) is 2.10. The topological polar surface area (TPSA) is 66.4 Å². The second kappa shape index (κ2) is 9.12. The van der Waals surface area contributed by atoms with Crippen LogP contribution >= 0.6 is 0 Å². The second-order valence-corrected chi connectivity index (χ2v) is 5.31. The summed E-state index contributed by atoms with van der Waals surface area (Å²) >= 11 is 0. The lowest BCUT2D eigenvalue weighted by Crippen LogP contribution is -2.44. The molecule has 22 heavy (non-hydrogen) atoms. The van der Waals surface area contributed by atoms with Crippen LogP contribution in [0.2, 0.25) is 0 Å². The van der Waals surface area contributed by atoms with Gasteiger partial charge in [0.15, 0.2) is 0 Å². The van der Waals surface area contributed by atoms with Crippen molar-refractivity contribution in [3.63, 3.8) is 0 Å². The van der Waals surface area contributed by atoms with E-state index in [0.717, 1.165) is 18.4 Å². The van der Waals surface area contributed by atoms with Gasteiger partial charge in [0.1, 0.15) is 6.04 Å². The van der Waals surface area contributed by atoms with Crippen LogP contribution in [0.15, 0.2) is 30.3 Å². The lowest BCUT2D eigenvalue weighted by molar-refractivity contribution is -0.143. The molecule has 0 radical (unpaired) electrons. The van der Waals surface area contributed by atoms with Crippen LogP contribution in [-0.2, 0) is 16.0 Å². The highest BCUT2D eigenvalue weighted by atomic mass is 19.3. The molecule has 0 saturated heterocycles. The average Bonchev–Trinajstić information content (AvgIpc) is 2.46. The number of hydrogen-bond acceptors (Lipinski definition) is 2. The predicted octanol–water partition coefficient (Wildman–Crippen LogP) is 2.87. The summed E-state index contributed by atoms with van der Waals surface area (Å²) in [6.07, 6.45) is -1.49. The molecule has 1 amide bonds. The van der Waals surface area contributed by atoms with Crippen molar-refractivity contribution in [2.45, 2.75) is 45.1 Å². The Morgan fingerprint density at radius 3 is 2.41 bits per heavy atom. The van der Waals surface area contributed by atoms with Crippen molar-refractivity contribution in [1.82, 2.24) is 5.32 Å². The highest BCUT2D eigenvalue weighted by Gasteiger charge is 2.25. The molecule has 1 rings (SSSR count). The van der Waals surface area contributed by atoms with E-state index in [1.165, 1.54) is 0 Å². The minimum absolute atomic E-state index is 0.414. The molecule has 0 heterocycles. The van der Waals surface area contributed by atoms with Crippen LogP contribution in [-0.4, -0.2) is 29.5 Å². The highest BCUT2D eigenvalue weighted by Crippen LogP contribution is 2.12. The maximum absolute atomic E-state index is 12.3. The zero-order chi connectivity index (χ0) is 16.5. The van der Waals surface area contributed by atoms with Gasteiger partial charge in [-0.25, -0.2) is 13.6 Å². The third-order valence-electron chi connectivity index (χ3n) is 3.42. The summed E-state index contributed by atoms with van der Waals surface area (Å²) < 4.78 is 24.5. The standard InChI is InChI=1S/C16H21F2NO3/c1-11(6-5-9-12-7-3-2-4-8-12)15(20)19-13(16(21)22)10-14(17)18/h2-4,7-8,11,13-14H,5-6,9-10H2,1H3,(H,19,20)(H,21,22). The molecule has 1 aromatic carbocycles. The van der Waals surface area contributed by atoms with Gasteiger partial charge in [-0.3, -0.25) is 4.79 Å². The minimum atomic E-state index is -2.77. The van der Waals surface area contributed by atoms with E-state index in [1.54, 1.807) is 6.92 Å². The summed E-state index contributed by atoms with van der Waals surface area (Å²) in [4.78, 5) is 22.7. The number of carbonyl (C=O) groups excluding carboxylic acids is 1. The van der Waals surface area contributed by atoms with Gasteiger partial charge < -0.3 is 10.4 Å². The normalized spacial score (nSPS) is 13.6. The van der Waals surface area contributed by atoms with E-state index in [1.807, 2.05) is 30.3 Å². The first-order valence-corrected chi connectivity index (χ1v) is 7.25. The zero-order valence-electron chi connectivity index (χ0n) is 12.5. The van der Waals surface area contributed by atoms with Gasteiger partial charge in [-0.15, -0.1) is 0 Å². The Morgan fingerprint density at radius 1 is 1.23 bits per heavy atom. The molecule has 0 aliphatic carbocycles. The van der Waals surface area contributed by atoms with Crippen LogP contribution in [0.4, 0.5) is 8.78 Å². The number of benzene rings is 1. The number of carboxylic acid groups (broad SMARTS) is 1. The van der Waals surface area contributed by atoms with Crippen molar-refractivity contribution in [3.8, 4) is 0 Å². The molecule has 0 aliphatic rings. The number of aliphatic carboxylic acids is 1. The Kier molecular flexibility index (Phi) is 7.49. The number of nitrogens with one attached hydrogen (secondary N) is 1. The average molecular weight is 313 g/mol. The van der Waals surface area contributed by atoms with Crippen LogP contribution < -0.4 is 5.32 Å². The Balaban J connectivity index is 2.38. The maximum atomic E-state index is 12.3. The molecule has 2 unspecified atom stereocenters. The summed E-state index contributed by atoms with van der Waals surface area (Å²) in [7, 11) is 0. The summed E-state index contributed by atoms with van der Waals surface area (Å²) in [5.74, 6) is -2.35. The van der Waals surface area contributed by atoms with Gasteiger partial charge >= 0.3 is 5.97 Å². The molecule has 122 valence electrons. The van der Waals surface area contributed by atoms with Crippen molar-refractivity contribution < 1.29 is 23.5 Å². The molecule has 2 atom stereocenters. The van der Waals surface area contributed by atoms with E-state index in [2.05, 4.69) is 5.32 Å². The fourth-order valence-electron chi connectivity index (χ4n) is 2.10. The van der Waals surface area contributed by atoms with Gasteiger partial charge in [0.05, 0.1) is 0 Å². The van der Waals surface area contributed by atoms with Crippen molar-refractivity contribution >= 4 is 11.9 Å². The zero-order valence-corrected chi connectivity index (χ0v) is 12.5. The minimum Gasteiger partial charge on any atom is -0.480 e. The number of alkyl halides is 2. The lowest BCUT2D eigenvalue weighted by atomic mass is 10.00. The van der Waals surface area contributed by atoms with Crippen molar-refractivity contribution in [1.29, 1.82) is 0 Å². The molecular weight excluding hydrogens is 292 g/mol. The summed E-state index contributed by atoms with van der Waals surface area (Å²) in [5, 5.41) is 11.0.